The van der Waals surface area contributed by atoms with Crippen LogP contribution in [0.15, 0.2) is 89.3 Å². The number of hydrazone groups is 1. The molecule has 0 aliphatic heterocycles. The van der Waals surface area contributed by atoms with Crippen LogP contribution in [0.4, 0.5) is 5.13 Å². The maximum atomic E-state index is 5.85. The van der Waals surface area contributed by atoms with Crippen LogP contribution in [-0.4, -0.2) is 11.2 Å². The molecule has 144 valence electrons. The van der Waals surface area contributed by atoms with Crippen LogP contribution in [0, 0.1) is 6.92 Å². The molecule has 0 aliphatic rings. The summed E-state index contributed by atoms with van der Waals surface area (Å²) in [4.78, 5) is 4.56. The summed E-state index contributed by atoms with van der Waals surface area (Å²) < 4.78 is 5.85. The van der Waals surface area contributed by atoms with Gasteiger partial charge in [-0.1, -0.05) is 60.2 Å². The molecular weight excluding hydrogens is 378 g/mol. The molecule has 0 aliphatic carbocycles. The zero-order valence-corrected chi connectivity index (χ0v) is 16.9. The lowest BCUT2D eigenvalue weighted by Gasteiger charge is -2.07. The molecule has 0 saturated carbocycles. The fourth-order valence-electron chi connectivity index (χ4n) is 2.85. The molecule has 0 spiro atoms. The third kappa shape index (κ3) is 5.30. The van der Waals surface area contributed by atoms with Gasteiger partial charge in [-0.05, 0) is 42.3 Å². The number of thiazole rings is 1. The molecule has 0 bridgehead atoms. The highest BCUT2D eigenvalue weighted by Gasteiger charge is 2.03. The Bertz CT molecular complexity index is 1090. The van der Waals surface area contributed by atoms with Crippen LogP contribution in [0.2, 0.25) is 0 Å². The van der Waals surface area contributed by atoms with Crippen molar-refractivity contribution in [2.75, 3.05) is 5.43 Å². The van der Waals surface area contributed by atoms with Gasteiger partial charge in [-0.25, -0.2) is 4.98 Å². The summed E-state index contributed by atoms with van der Waals surface area (Å²) in [5.41, 5.74) is 8.43. The van der Waals surface area contributed by atoms with Crippen molar-refractivity contribution in [2.24, 2.45) is 5.10 Å². The molecule has 1 heterocycles. The van der Waals surface area contributed by atoms with Crippen molar-refractivity contribution in [3.05, 3.63) is 101 Å². The quantitative estimate of drug-likeness (QED) is 0.300. The lowest BCUT2D eigenvalue weighted by atomic mass is 10.1. The molecule has 0 unspecified atom stereocenters. The number of rotatable bonds is 7. The minimum Gasteiger partial charge on any atom is -0.489 e. The Morgan fingerprint density at radius 1 is 1.00 bits per heavy atom. The van der Waals surface area contributed by atoms with E-state index in [9.17, 15) is 0 Å². The van der Waals surface area contributed by atoms with E-state index in [4.69, 9.17) is 4.74 Å². The fourth-order valence-corrected chi connectivity index (χ4v) is 3.52. The standard InChI is InChI=1S/C24H21N3OS/c1-18-6-5-7-20(14-18)16-28-22-12-10-19(11-13-22)15-25-27-24-26-23(17-29-24)21-8-3-2-4-9-21/h2-15,17H,16H2,1H3,(H,26,27)/b25-15+. The highest BCUT2D eigenvalue weighted by atomic mass is 32.1. The molecule has 4 aromatic rings. The first-order chi connectivity index (χ1) is 14.3. The van der Waals surface area contributed by atoms with Crippen LogP contribution < -0.4 is 10.2 Å². The molecule has 29 heavy (non-hydrogen) atoms. The van der Waals surface area contributed by atoms with E-state index in [0.29, 0.717) is 6.61 Å². The summed E-state index contributed by atoms with van der Waals surface area (Å²) in [6.45, 7) is 2.64. The van der Waals surface area contributed by atoms with Gasteiger partial charge in [-0.2, -0.15) is 5.10 Å². The van der Waals surface area contributed by atoms with Crippen LogP contribution in [0.1, 0.15) is 16.7 Å². The smallest absolute Gasteiger partial charge is 0.203 e. The van der Waals surface area contributed by atoms with Gasteiger partial charge in [0.25, 0.3) is 0 Å². The Labute approximate surface area is 174 Å². The first-order valence-electron chi connectivity index (χ1n) is 9.35. The molecule has 0 fully saturated rings. The first kappa shape index (κ1) is 18.9. The Hall–Kier alpha value is -3.44. The number of anilines is 1. The van der Waals surface area contributed by atoms with Crippen molar-refractivity contribution in [3.63, 3.8) is 0 Å². The van der Waals surface area contributed by atoms with Gasteiger partial charge in [0.05, 0.1) is 11.9 Å². The number of aryl methyl sites for hydroxylation is 1. The van der Waals surface area contributed by atoms with Crippen molar-refractivity contribution in [1.29, 1.82) is 0 Å². The summed E-state index contributed by atoms with van der Waals surface area (Å²) in [5.74, 6) is 0.837. The summed E-state index contributed by atoms with van der Waals surface area (Å²) in [5, 5.41) is 7.07. The predicted octanol–water partition coefficient (Wildman–Crippen LogP) is 6.14. The highest BCUT2D eigenvalue weighted by Crippen LogP contribution is 2.24. The SMILES string of the molecule is Cc1cccc(COc2ccc(/C=N/Nc3nc(-c4ccccc4)cs3)cc2)c1. The summed E-state index contributed by atoms with van der Waals surface area (Å²) in [7, 11) is 0. The van der Waals surface area contributed by atoms with Gasteiger partial charge in [0.1, 0.15) is 12.4 Å². The number of nitrogens with one attached hydrogen (secondary N) is 1. The second kappa shape index (κ2) is 9.17. The van der Waals surface area contributed by atoms with E-state index in [1.165, 1.54) is 16.9 Å². The highest BCUT2D eigenvalue weighted by molar-refractivity contribution is 7.14. The number of hydrogen-bond donors (Lipinski definition) is 1. The van der Waals surface area contributed by atoms with Gasteiger partial charge in [0, 0.05) is 10.9 Å². The van der Waals surface area contributed by atoms with Gasteiger partial charge in [-0.15, -0.1) is 11.3 Å². The van der Waals surface area contributed by atoms with Crippen LogP contribution in [-0.2, 0) is 6.61 Å². The summed E-state index contributed by atoms with van der Waals surface area (Å²) in [6, 6.07) is 26.3. The topological polar surface area (TPSA) is 46.5 Å². The number of ether oxygens (including phenoxy) is 1. The lowest BCUT2D eigenvalue weighted by Crippen LogP contribution is -1.96. The molecule has 0 radical (unpaired) electrons. The van der Waals surface area contributed by atoms with E-state index in [-0.39, 0.29) is 0 Å². The largest absolute Gasteiger partial charge is 0.489 e. The van der Waals surface area contributed by atoms with E-state index in [2.05, 4.69) is 40.6 Å². The maximum absolute atomic E-state index is 5.85. The van der Waals surface area contributed by atoms with E-state index in [1.54, 1.807) is 6.21 Å². The average Bonchev–Trinajstić information content (AvgIpc) is 3.23. The van der Waals surface area contributed by atoms with Gasteiger partial charge < -0.3 is 4.74 Å². The van der Waals surface area contributed by atoms with E-state index in [0.717, 1.165) is 33.3 Å². The van der Waals surface area contributed by atoms with Crippen LogP contribution in [0.5, 0.6) is 5.75 Å². The third-order valence-corrected chi connectivity index (χ3v) is 5.06. The zero-order chi connectivity index (χ0) is 19.9. The van der Waals surface area contributed by atoms with Crippen LogP contribution in [0.25, 0.3) is 11.3 Å². The van der Waals surface area contributed by atoms with Gasteiger partial charge in [0.15, 0.2) is 0 Å². The maximum Gasteiger partial charge on any atom is 0.203 e. The fraction of sp³-hybridized carbons (Fsp3) is 0.0833. The van der Waals surface area contributed by atoms with Gasteiger partial charge >= 0.3 is 0 Å². The Balaban J connectivity index is 1.31. The van der Waals surface area contributed by atoms with Crippen molar-refractivity contribution in [3.8, 4) is 17.0 Å². The van der Waals surface area contributed by atoms with E-state index >= 15 is 0 Å². The number of aromatic nitrogens is 1. The Morgan fingerprint density at radius 3 is 2.62 bits per heavy atom. The average molecular weight is 400 g/mol. The van der Waals surface area contributed by atoms with Crippen molar-refractivity contribution >= 4 is 22.7 Å². The van der Waals surface area contributed by atoms with Crippen molar-refractivity contribution < 1.29 is 4.74 Å². The molecule has 5 heteroatoms. The van der Waals surface area contributed by atoms with Gasteiger partial charge in [-0.3, -0.25) is 5.43 Å². The monoisotopic (exact) mass is 399 g/mol. The molecular formula is C24H21N3OS. The zero-order valence-electron chi connectivity index (χ0n) is 16.1. The molecule has 4 nitrogen and oxygen atoms in total. The molecule has 1 aromatic heterocycles. The molecule has 3 aromatic carbocycles. The van der Waals surface area contributed by atoms with Crippen LogP contribution >= 0.6 is 11.3 Å². The second-order valence-corrected chi connectivity index (χ2v) is 7.48. The third-order valence-electron chi connectivity index (χ3n) is 4.32. The summed E-state index contributed by atoms with van der Waals surface area (Å²) >= 11 is 1.53. The molecule has 4 rings (SSSR count). The second-order valence-electron chi connectivity index (χ2n) is 6.62. The Morgan fingerprint density at radius 2 is 1.83 bits per heavy atom. The predicted molar refractivity (Wildman–Crippen MR) is 121 cm³/mol. The van der Waals surface area contributed by atoms with E-state index < -0.39 is 0 Å². The normalized spacial score (nSPS) is 10.9. The molecule has 0 saturated heterocycles. The molecule has 1 N–H and O–H groups in total. The number of benzene rings is 3. The molecule has 0 amide bonds. The van der Waals surface area contributed by atoms with Crippen molar-refractivity contribution in [1.82, 2.24) is 4.98 Å². The van der Waals surface area contributed by atoms with E-state index in [1.807, 2.05) is 66.0 Å². The number of nitrogens with zero attached hydrogens (tertiary/aromatic N) is 2. The minimum absolute atomic E-state index is 0.560. The lowest BCUT2D eigenvalue weighted by molar-refractivity contribution is 0.306. The minimum atomic E-state index is 0.560. The molecule has 0 atom stereocenters. The first-order valence-corrected chi connectivity index (χ1v) is 10.2. The number of hydrogen-bond acceptors (Lipinski definition) is 5. The van der Waals surface area contributed by atoms with Crippen molar-refractivity contribution in [2.45, 2.75) is 13.5 Å². The Kier molecular flexibility index (Phi) is 5.98. The summed E-state index contributed by atoms with van der Waals surface area (Å²) in [6.07, 6.45) is 1.77. The van der Waals surface area contributed by atoms with Gasteiger partial charge in [0.2, 0.25) is 5.13 Å². The van der Waals surface area contributed by atoms with Crippen LogP contribution in [0.3, 0.4) is 0 Å².